The molecule has 0 saturated heterocycles. The molecule has 4 aromatic heterocycles. The van der Waals surface area contributed by atoms with Gasteiger partial charge in [-0.1, -0.05) is 6.07 Å². The van der Waals surface area contributed by atoms with Crippen LogP contribution in [0.3, 0.4) is 0 Å². The predicted molar refractivity (Wildman–Crippen MR) is 99.0 cm³/mol. The third-order valence-electron chi connectivity index (χ3n) is 4.12. The van der Waals surface area contributed by atoms with Crippen molar-refractivity contribution in [2.45, 2.75) is 17.0 Å². The van der Waals surface area contributed by atoms with Crippen molar-refractivity contribution in [3.05, 3.63) is 60.6 Å². The number of aryl methyl sites for hydroxylation is 1. The van der Waals surface area contributed by atoms with E-state index in [0.717, 1.165) is 32.7 Å². The molecule has 0 atom stereocenters. The Balaban J connectivity index is 1.56. The standard InChI is InChI=1S/C18H13N7S/c1-11-14(10-20-21-11)16-6-7-17-22-23-18(25(17)24-16)26-13-4-5-15-12(9-13)3-2-8-19-15/h2-10H,1H3,(H,20,21). The SMILES string of the molecule is Cc1[nH]ncc1-c1ccc2nnc(Sc3ccc4ncccc4c3)n2n1. The van der Waals surface area contributed by atoms with Crippen molar-refractivity contribution in [1.82, 2.24) is 35.0 Å². The molecule has 0 bridgehead atoms. The van der Waals surface area contributed by atoms with E-state index in [1.807, 2.05) is 43.3 Å². The first-order valence-corrected chi connectivity index (χ1v) is 8.85. The van der Waals surface area contributed by atoms with Crippen LogP contribution in [0.4, 0.5) is 0 Å². The molecule has 4 heterocycles. The highest BCUT2D eigenvalue weighted by Crippen LogP contribution is 2.29. The number of H-pyrrole nitrogens is 1. The molecule has 7 nitrogen and oxygen atoms in total. The smallest absolute Gasteiger partial charge is 0.217 e. The highest BCUT2D eigenvalue weighted by atomic mass is 32.2. The molecular formula is C18H13N7S. The van der Waals surface area contributed by atoms with Gasteiger partial charge < -0.3 is 0 Å². The molecule has 0 radical (unpaired) electrons. The van der Waals surface area contributed by atoms with E-state index in [0.29, 0.717) is 10.8 Å². The number of fused-ring (bicyclic) bond motifs is 2. The van der Waals surface area contributed by atoms with Gasteiger partial charge in [0, 0.05) is 27.7 Å². The minimum atomic E-state index is 0.708. The van der Waals surface area contributed by atoms with E-state index >= 15 is 0 Å². The van der Waals surface area contributed by atoms with E-state index in [9.17, 15) is 0 Å². The van der Waals surface area contributed by atoms with Crippen LogP contribution in [0.25, 0.3) is 27.8 Å². The summed E-state index contributed by atoms with van der Waals surface area (Å²) in [4.78, 5) is 5.42. The zero-order valence-corrected chi connectivity index (χ0v) is 14.6. The monoisotopic (exact) mass is 359 g/mol. The third-order valence-corrected chi connectivity index (χ3v) is 5.05. The average Bonchev–Trinajstić information content (AvgIpc) is 3.27. The Morgan fingerprint density at radius 1 is 1.08 bits per heavy atom. The van der Waals surface area contributed by atoms with Gasteiger partial charge in [0.15, 0.2) is 5.65 Å². The van der Waals surface area contributed by atoms with Gasteiger partial charge >= 0.3 is 0 Å². The van der Waals surface area contributed by atoms with E-state index < -0.39 is 0 Å². The first kappa shape index (κ1) is 15.0. The summed E-state index contributed by atoms with van der Waals surface area (Å²) in [6.07, 6.45) is 3.57. The molecule has 5 aromatic rings. The number of nitrogens with zero attached hydrogens (tertiary/aromatic N) is 6. The third kappa shape index (κ3) is 2.51. The van der Waals surface area contributed by atoms with E-state index in [2.05, 4.69) is 31.4 Å². The zero-order chi connectivity index (χ0) is 17.5. The van der Waals surface area contributed by atoms with Gasteiger partial charge in [-0.25, -0.2) is 0 Å². The van der Waals surface area contributed by atoms with Crippen molar-refractivity contribution >= 4 is 28.3 Å². The minimum absolute atomic E-state index is 0.708. The van der Waals surface area contributed by atoms with Crippen molar-refractivity contribution in [3.63, 3.8) is 0 Å². The molecule has 26 heavy (non-hydrogen) atoms. The van der Waals surface area contributed by atoms with Crippen molar-refractivity contribution < 1.29 is 0 Å². The summed E-state index contributed by atoms with van der Waals surface area (Å²) in [5.41, 5.74) is 4.45. The molecule has 0 aliphatic heterocycles. The summed E-state index contributed by atoms with van der Waals surface area (Å²) >= 11 is 1.52. The summed E-state index contributed by atoms with van der Waals surface area (Å²) in [5, 5.41) is 22.0. The van der Waals surface area contributed by atoms with Gasteiger partial charge in [0.1, 0.15) is 0 Å². The Morgan fingerprint density at radius 3 is 2.92 bits per heavy atom. The predicted octanol–water partition coefficient (Wildman–Crippen LogP) is 3.52. The number of benzene rings is 1. The largest absolute Gasteiger partial charge is 0.282 e. The van der Waals surface area contributed by atoms with Gasteiger partial charge in [-0.2, -0.15) is 14.7 Å². The molecular weight excluding hydrogens is 346 g/mol. The first-order chi connectivity index (χ1) is 12.8. The van der Waals surface area contributed by atoms with Crippen LogP contribution in [0.15, 0.2) is 64.9 Å². The summed E-state index contributed by atoms with van der Waals surface area (Å²) in [6.45, 7) is 1.97. The maximum Gasteiger partial charge on any atom is 0.217 e. The zero-order valence-electron chi connectivity index (χ0n) is 13.8. The summed E-state index contributed by atoms with van der Waals surface area (Å²) in [7, 11) is 0. The minimum Gasteiger partial charge on any atom is -0.282 e. The molecule has 8 heteroatoms. The molecule has 126 valence electrons. The lowest BCUT2D eigenvalue weighted by Gasteiger charge is -2.03. The lowest BCUT2D eigenvalue weighted by Crippen LogP contribution is -1.96. The molecule has 0 unspecified atom stereocenters. The van der Waals surface area contributed by atoms with Crippen molar-refractivity contribution in [2.75, 3.05) is 0 Å². The van der Waals surface area contributed by atoms with Crippen molar-refractivity contribution in [1.29, 1.82) is 0 Å². The van der Waals surface area contributed by atoms with Crippen LogP contribution in [0.5, 0.6) is 0 Å². The highest BCUT2D eigenvalue weighted by molar-refractivity contribution is 7.99. The van der Waals surface area contributed by atoms with Gasteiger partial charge in [-0.15, -0.1) is 10.2 Å². The Labute approximate surface area is 152 Å². The van der Waals surface area contributed by atoms with E-state index in [4.69, 9.17) is 5.10 Å². The Bertz CT molecular complexity index is 1240. The van der Waals surface area contributed by atoms with Crippen LogP contribution in [-0.2, 0) is 0 Å². The molecule has 0 spiro atoms. The van der Waals surface area contributed by atoms with Gasteiger partial charge in [-0.05, 0) is 55.1 Å². The molecule has 1 N–H and O–H groups in total. The fourth-order valence-electron chi connectivity index (χ4n) is 2.81. The van der Waals surface area contributed by atoms with Crippen LogP contribution in [-0.4, -0.2) is 35.0 Å². The van der Waals surface area contributed by atoms with E-state index in [1.54, 1.807) is 16.9 Å². The molecule has 0 saturated carbocycles. The average molecular weight is 359 g/mol. The Morgan fingerprint density at radius 2 is 2.04 bits per heavy atom. The number of nitrogens with one attached hydrogen (secondary N) is 1. The van der Waals surface area contributed by atoms with Gasteiger partial charge in [0.25, 0.3) is 0 Å². The summed E-state index contributed by atoms with van der Waals surface area (Å²) in [6, 6.07) is 14.0. The van der Waals surface area contributed by atoms with Crippen LogP contribution in [0, 0.1) is 6.92 Å². The van der Waals surface area contributed by atoms with Gasteiger partial charge in [-0.3, -0.25) is 10.1 Å². The van der Waals surface area contributed by atoms with Crippen LogP contribution >= 0.6 is 11.8 Å². The first-order valence-electron chi connectivity index (χ1n) is 8.03. The Hall–Kier alpha value is -3.26. The molecule has 0 aliphatic carbocycles. The molecule has 0 amide bonds. The maximum absolute atomic E-state index is 4.70. The second-order valence-corrected chi connectivity index (χ2v) is 6.88. The van der Waals surface area contributed by atoms with E-state index in [-0.39, 0.29) is 0 Å². The quantitative estimate of drug-likeness (QED) is 0.530. The van der Waals surface area contributed by atoms with Crippen LogP contribution in [0.2, 0.25) is 0 Å². The summed E-state index contributed by atoms with van der Waals surface area (Å²) in [5.74, 6) is 0. The van der Waals surface area contributed by atoms with Crippen LogP contribution in [0.1, 0.15) is 5.69 Å². The molecule has 0 fully saturated rings. The fraction of sp³-hybridized carbons (Fsp3) is 0.0556. The van der Waals surface area contributed by atoms with E-state index in [1.165, 1.54) is 11.8 Å². The normalized spacial score (nSPS) is 11.4. The number of hydrogen-bond donors (Lipinski definition) is 1. The van der Waals surface area contributed by atoms with Gasteiger partial charge in [0.05, 0.1) is 17.4 Å². The number of hydrogen-bond acceptors (Lipinski definition) is 6. The second kappa shape index (κ2) is 5.92. The maximum atomic E-state index is 4.70. The highest BCUT2D eigenvalue weighted by Gasteiger charge is 2.12. The lowest BCUT2D eigenvalue weighted by molar-refractivity contribution is 0.813. The van der Waals surface area contributed by atoms with Crippen molar-refractivity contribution in [3.8, 4) is 11.3 Å². The fourth-order valence-corrected chi connectivity index (χ4v) is 3.64. The van der Waals surface area contributed by atoms with Gasteiger partial charge in [0.2, 0.25) is 5.16 Å². The number of aromatic amines is 1. The topological polar surface area (TPSA) is 84.6 Å². The molecule has 5 rings (SSSR count). The molecule has 1 aromatic carbocycles. The molecule has 0 aliphatic rings. The lowest BCUT2D eigenvalue weighted by atomic mass is 10.2. The summed E-state index contributed by atoms with van der Waals surface area (Å²) < 4.78 is 1.76. The Kier molecular flexibility index (Phi) is 3.42. The number of aromatic nitrogens is 7. The second-order valence-electron chi connectivity index (χ2n) is 5.84. The number of rotatable bonds is 3. The van der Waals surface area contributed by atoms with Crippen molar-refractivity contribution in [2.24, 2.45) is 0 Å². The number of pyridine rings is 1. The van der Waals surface area contributed by atoms with Crippen LogP contribution < -0.4 is 0 Å².